The quantitative estimate of drug-likeness (QED) is 0.883. The highest BCUT2D eigenvalue weighted by molar-refractivity contribution is 5.63. The van der Waals surface area contributed by atoms with Crippen molar-refractivity contribution < 1.29 is 9.15 Å². The number of methoxy groups -OCH3 is 1. The first-order valence-corrected chi connectivity index (χ1v) is 5.46. The topological polar surface area (TPSA) is 47.3 Å². The highest BCUT2D eigenvalue weighted by atomic mass is 16.5. The number of aryl methyl sites for hydroxylation is 2. The van der Waals surface area contributed by atoms with Gasteiger partial charge in [-0.1, -0.05) is 0 Å². The van der Waals surface area contributed by atoms with Gasteiger partial charge in [0.1, 0.15) is 5.75 Å². The molecule has 0 fully saturated rings. The van der Waals surface area contributed by atoms with Crippen LogP contribution in [0, 0.1) is 13.8 Å². The molecule has 0 unspecified atom stereocenters. The second-order valence-corrected chi connectivity index (χ2v) is 3.87. The maximum absolute atomic E-state index is 5.62. The maximum atomic E-state index is 5.62. The van der Waals surface area contributed by atoms with Crippen LogP contribution in [0.1, 0.15) is 11.3 Å². The highest BCUT2D eigenvalue weighted by Crippen LogP contribution is 2.30. The van der Waals surface area contributed by atoms with Gasteiger partial charge in [0.2, 0.25) is 0 Å². The molecule has 2 rings (SSSR count). The summed E-state index contributed by atoms with van der Waals surface area (Å²) < 4.78 is 10.8. The average Bonchev–Trinajstić information content (AvgIpc) is 2.70. The van der Waals surface area contributed by atoms with E-state index in [9.17, 15) is 0 Å². The number of rotatable bonds is 3. The zero-order valence-corrected chi connectivity index (χ0v) is 10.5. The highest BCUT2D eigenvalue weighted by Gasteiger charge is 2.11. The predicted octanol–water partition coefficient (Wildman–Crippen LogP) is 3.01. The molecule has 2 aromatic rings. The lowest BCUT2D eigenvalue weighted by atomic mass is 10.1. The van der Waals surface area contributed by atoms with Crippen molar-refractivity contribution in [3.63, 3.8) is 0 Å². The molecule has 0 aliphatic carbocycles. The third kappa shape index (κ3) is 2.11. The van der Waals surface area contributed by atoms with Gasteiger partial charge in [0.25, 0.3) is 6.01 Å². The largest absolute Gasteiger partial charge is 0.496 e. The van der Waals surface area contributed by atoms with E-state index in [4.69, 9.17) is 9.15 Å². The lowest BCUT2D eigenvalue weighted by Gasteiger charge is -2.05. The molecule has 0 saturated heterocycles. The maximum Gasteiger partial charge on any atom is 0.295 e. The molecule has 1 aromatic heterocycles. The van der Waals surface area contributed by atoms with Crippen molar-refractivity contribution in [2.24, 2.45) is 0 Å². The standard InChI is InChI=1S/C13H16N2O2/c1-8-7-10(5-6-11(8)16-4)12-9(2)15-13(14-3)17-12/h5-7H,1-4H3,(H,14,15). The molecule has 1 aromatic carbocycles. The van der Waals surface area contributed by atoms with Crippen molar-refractivity contribution in [3.8, 4) is 17.1 Å². The van der Waals surface area contributed by atoms with Crippen LogP contribution in [0.15, 0.2) is 22.6 Å². The first-order chi connectivity index (χ1) is 8.15. The van der Waals surface area contributed by atoms with Crippen LogP contribution in [0.3, 0.4) is 0 Å². The molecule has 0 radical (unpaired) electrons. The zero-order chi connectivity index (χ0) is 12.4. The van der Waals surface area contributed by atoms with Gasteiger partial charge in [-0.05, 0) is 37.6 Å². The molecule has 0 amide bonds. The van der Waals surface area contributed by atoms with Crippen LogP contribution in [0.4, 0.5) is 6.01 Å². The van der Waals surface area contributed by atoms with E-state index in [0.717, 1.165) is 28.3 Å². The summed E-state index contributed by atoms with van der Waals surface area (Å²) in [6.07, 6.45) is 0. The average molecular weight is 232 g/mol. The van der Waals surface area contributed by atoms with Gasteiger partial charge in [0.15, 0.2) is 5.76 Å². The van der Waals surface area contributed by atoms with E-state index < -0.39 is 0 Å². The summed E-state index contributed by atoms with van der Waals surface area (Å²) in [7, 11) is 3.45. The SMILES string of the molecule is CNc1nc(C)c(-c2ccc(OC)c(C)c2)o1. The first-order valence-electron chi connectivity index (χ1n) is 5.46. The number of hydrogen-bond donors (Lipinski definition) is 1. The molecule has 4 nitrogen and oxygen atoms in total. The lowest BCUT2D eigenvalue weighted by molar-refractivity contribution is 0.411. The Morgan fingerprint density at radius 3 is 2.59 bits per heavy atom. The summed E-state index contributed by atoms with van der Waals surface area (Å²) in [5, 5.41) is 2.89. The Labute approximate surface area is 101 Å². The van der Waals surface area contributed by atoms with E-state index in [0.29, 0.717) is 6.01 Å². The molecule has 4 heteroatoms. The Morgan fingerprint density at radius 2 is 2.06 bits per heavy atom. The number of nitrogens with one attached hydrogen (secondary N) is 1. The number of anilines is 1. The minimum absolute atomic E-state index is 0.533. The monoisotopic (exact) mass is 232 g/mol. The van der Waals surface area contributed by atoms with Gasteiger partial charge in [-0.2, -0.15) is 4.98 Å². The second kappa shape index (κ2) is 4.49. The van der Waals surface area contributed by atoms with Crippen molar-refractivity contribution >= 4 is 6.01 Å². The van der Waals surface area contributed by atoms with Gasteiger partial charge >= 0.3 is 0 Å². The Bertz CT molecular complexity index is 532. The number of oxazole rings is 1. The number of hydrogen-bond acceptors (Lipinski definition) is 4. The van der Waals surface area contributed by atoms with Gasteiger partial charge in [-0.3, -0.25) is 0 Å². The molecule has 0 aliphatic rings. The lowest BCUT2D eigenvalue weighted by Crippen LogP contribution is -1.87. The molecule has 0 bridgehead atoms. The van der Waals surface area contributed by atoms with Crippen molar-refractivity contribution in [3.05, 3.63) is 29.5 Å². The van der Waals surface area contributed by atoms with E-state index in [2.05, 4.69) is 10.3 Å². The van der Waals surface area contributed by atoms with Crippen LogP contribution in [-0.2, 0) is 0 Å². The second-order valence-electron chi connectivity index (χ2n) is 3.87. The van der Waals surface area contributed by atoms with Gasteiger partial charge in [-0.15, -0.1) is 0 Å². The fourth-order valence-corrected chi connectivity index (χ4v) is 1.79. The molecule has 0 aliphatic heterocycles. The summed E-state index contributed by atoms with van der Waals surface area (Å²) in [6.45, 7) is 3.94. The third-order valence-electron chi connectivity index (χ3n) is 2.67. The minimum atomic E-state index is 0.533. The van der Waals surface area contributed by atoms with E-state index in [-0.39, 0.29) is 0 Å². The molecule has 1 N–H and O–H groups in total. The van der Waals surface area contributed by atoms with Crippen LogP contribution in [0.2, 0.25) is 0 Å². The summed E-state index contributed by atoms with van der Waals surface area (Å²) >= 11 is 0. The molecule has 0 saturated carbocycles. The van der Waals surface area contributed by atoms with Crippen molar-refractivity contribution in [2.75, 3.05) is 19.5 Å². The van der Waals surface area contributed by atoms with Gasteiger partial charge in [-0.25, -0.2) is 0 Å². The first kappa shape index (κ1) is 11.5. The summed E-state index contributed by atoms with van der Waals surface area (Å²) in [5.74, 6) is 1.67. The predicted molar refractivity (Wildman–Crippen MR) is 67.5 cm³/mol. The normalized spacial score (nSPS) is 10.4. The fourth-order valence-electron chi connectivity index (χ4n) is 1.79. The van der Waals surface area contributed by atoms with Crippen molar-refractivity contribution in [2.45, 2.75) is 13.8 Å². The zero-order valence-electron chi connectivity index (χ0n) is 10.5. The minimum Gasteiger partial charge on any atom is -0.496 e. The van der Waals surface area contributed by atoms with E-state index in [1.807, 2.05) is 32.0 Å². The molecular weight excluding hydrogens is 216 g/mol. The molecular formula is C13H16N2O2. The van der Waals surface area contributed by atoms with Gasteiger partial charge in [0, 0.05) is 12.6 Å². The number of benzene rings is 1. The number of ether oxygens (including phenoxy) is 1. The molecule has 0 spiro atoms. The van der Waals surface area contributed by atoms with E-state index >= 15 is 0 Å². The Kier molecular flexibility index (Phi) is 3.04. The van der Waals surface area contributed by atoms with Crippen LogP contribution in [0.5, 0.6) is 5.75 Å². The van der Waals surface area contributed by atoms with Gasteiger partial charge in [0.05, 0.1) is 12.8 Å². The molecule has 90 valence electrons. The third-order valence-corrected chi connectivity index (χ3v) is 2.67. The molecule has 0 atom stereocenters. The summed E-state index contributed by atoms with van der Waals surface area (Å²) in [4.78, 5) is 4.27. The number of aromatic nitrogens is 1. The number of nitrogens with zero attached hydrogens (tertiary/aromatic N) is 1. The van der Waals surface area contributed by atoms with Crippen LogP contribution in [-0.4, -0.2) is 19.1 Å². The Hall–Kier alpha value is -1.97. The Morgan fingerprint density at radius 1 is 1.29 bits per heavy atom. The van der Waals surface area contributed by atoms with E-state index in [1.54, 1.807) is 14.2 Å². The van der Waals surface area contributed by atoms with Crippen molar-refractivity contribution in [1.82, 2.24) is 4.98 Å². The van der Waals surface area contributed by atoms with Crippen LogP contribution >= 0.6 is 0 Å². The van der Waals surface area contributed by atoms with Crippen LogP contribution in [0.25, 0.3) is 11.3 Å². The van der Waals surface area contributed by atoms with Crippen molar-refractivity contribution in [1.29, 1.82) is 0 Å². The Balaban J connectivity index is 2.45. The van der Waals surface area contributed by atoms with Crippen LogP contribution < -0.4 is 10.1 Å². The van der Waals surface area contributed by atoms with E-state index in [1.165, 1.54) is 0 Å². The smallest absolute Gasteiger partial charge is 0.295 e. The van der Waals surface area contributed by atoms with Gasteiger partial charge < -0.3 is 14.5 Å². The molecule has 1 heterocycles. The molecule has 17 heavy (non-hydrogen) atoms. The summed E-state index contributed by atoms with van der Waals surface area (Å²) in [5.41, 5.74) is 2.96. The summed E-state index contributed by atoms with van der Waals surface area (Å²) in [6, 6.07) is 6.47. The fraction of sp³-hybridized carbons (Fsp3) is 0.308.